The van der Waals surface area contributed by atoms with Gasteiger partial charge in [-0.05, 0) is 62.6 Å². The summed E-state index contributed by atoms with van der Waals surface area (Å²) in [6.45, 7) is 10.7. The number of aromatic nitrogens is 2. The minimum absolute atomic E-state index is 0.103. The topological polar surface area (TPSA) is 90.3 Å². The number of anilines is 1. The van der Waals surface area contributed by atoms with Crippen molar-refractivity contribution < 1.29 is 14.3 Å². The van der Waals surface area contributed by atoms with Crippen LogP contribution in [0.15, 0.2) is 34.2 Å². The van der Waals surface area contributed by atoms with Crippen molar-refractivity contribution in [3.05, 3.63) is 50.6 Å². The fraction of sp³-hybridized carbons (Fsp3) is 0.481. The summed E-state index contributed by atoms with van der Waals surface area (Å²) < 4.78 is 6.99. The quantitative estimate of drug-likeness (QED) is 0.235. The molecule has 9 heteroatoms. The van der Waals surface area contributed by atoms with Gasteiger partial charge in [0.15, 0.2) is 5.16 Å². The molecule has 1 amide bonds. The summed E-state index contributed by atoms with van der Waals surface area (Å²) >= 11 is 2.73. The van der Waals surface area contributed by atoms with E-state index < -0.39 is 5.25 Å². The number of thioether (sulfide) groups is 1. The molecule has 3 aromatic rings. The van der Waals surface area contributed by atoms with Crippen molar-refractivity contribution in [1.82, 2.24) is 9.55 Å². The maximum Gasteiger partial charge on any atom is 0.341 e. The first-order chi connectivity index (χ1) is 17.2. The van der Waals surface area contributed by atoms with Gasteiger partial charge in [0, 0.05) is 11.4 Å². The number of hydrogen-bond acceptors (Lipinski definition) is 7. The molecule has 1 N–H and O–H groups in total. The van der Waals surface area contributed by atoms with Crippen LogP contribution in [0, 0.1) is 11.8 Å². The van der Waals surface area contributed by atoms with Crippen LogP contribution in [0.1, 0.15) is 61.8 Å². The second-order valence-electron chi connectivity index (χ2n) is 9.75. The van der Waals surface area contributed by atoms with Crippen molar-refractivity contribution in [1.29, 1.82) is 0 Å². The molecule has 0 radical (unpaired) electrons. The summed E-state index contributed by atoms with van der Waals surface area (Å²) in [6.07, 6.45) is 2.72. The smallest absolute Gasteiger partial charge is 0.341 e. The standard InChI is InChI=1S/C27H33N3O4S2/c1-6-34-26(33)22-19-12-11-16(4)13-21(19)36-24(22)29-23(31)17(5)35-27-28-20-10-8-7-9-18(20)25(32)30(27)14-15(2)3/h7-10,15-17H,6,11-14H2,1-5H3,(H,29,31)/t16-,17-/m0/s1. The van der Waals surface area contributed by atoms with Crippen LogP contribution in [0.25, 0.3) is 10.9 Å². The van der Waals surface area contributed by atoms with Crippen LogP contribution in [0.2, 0.25) is 0 Å². The van der Waals surface area contributed by atoms with Crippen LogP contribution >= 0.6 is 23.1 Å². The molecule has 0 unspecified atom stereocenters. The lowest BCUT2D eigenvalue weighted by molar-refractivity contribution is -0.115. The van der Waals surface area contributed by atoms with Crippen LogP contribution in [-0.4, -0.2) is 33.3 Å². The zero-order valence-electron chi connectivity index (χ0n) is 21.4. The van der Waals surface area contributed by atoms with Gasteiger partial charge in [0.2, 0.25) is 5.91 Å². The first-order valence-corrected chi connectivity index (χ1v) is 14.2. The van der Waals surface area contributed by atoms with E-state index in [1.54, 1.807) is 24.5 Å². The minimum Gasteiger partial charge on any atom is -0.462 e. The largest absolute Gasteiger partial charge is 0.462 e. The van der Waals surface area contributed by atoms with Crippen LogP contribution < -0.4 is 10.9 Å². The number of thiophene rings is 1. The third-order valence-electron chi connectivity index (χ3n) is 6.25. The van der Waals surface area contributed by atoms with E-state index in [0.29, 0.717) is 39.1 Å². The van der Waals surface area contributed by atoms with E-state index in [-0.39, 0.29) is 30.0 Å². The van der Waals surface area contributed by atoms with Crippen LogP contribution in [0.4, 0.5) is 5.00 Å². The highest BCUT2D eigenvalue weighted by Gasteiger charge is 2.30. The van der Waals surface area contributed by atoms with Gasteiger partial charge < -0.3 is 10.1 Å². The summed E-state index contributed by atoms with van der Waals surface area (Å²) in [7, 11) is 0. The number of carbonyl (C=O) groups excluding carboxylic acids is 2. The lowest BCUT2D eigenvalue weighted by atomic mass is 9.88. The molecule has 36 heavy (non-hydrogen) atoms. The summed E-state index contributed by atoms with van der Waals surface area (Å²) in [5.74, 6) is 0.153. The molecule has 1 aromatic carbocycles. The van der Waals surface area contributed by atoms with E-state index in [0.717, 1.165) is 29.7 Å². The van der Waals surface area contributed by atoms with Crippen molar-refractivity contribution >= 4 is 50.9 Å². The predicted octanol–water partition coefficient (Wildman–Crippen LogP) is 5.53. The number of carbonyl (C=O) groups is 2. The Morgan fingerprint density at radius 2 is 2.03 bits per heavy atom. The highest BCUT2D eigenvalue weighted by atomic mass is 32.2. The maximum atomic E-state index is 13.3. The van der Waals surface area contributed by atoms with E-state index in [1.165, 1.54) is 23.1 Å². The lowest BCUT2D eigenvalue weighted by Gasteiger charge is -2.18. The molecule has 192 valence electrons. The van der Waals surface area contributed by atoms with Gasteiger partial charge in [-0.25, -0.2) is 9.78 Å². The molecule has 7 nitrogen and oxygen atoms in total. The molecule has 0 saturated heterocycles. The van der Waals surface area contributed by atoms with Gasteiger partial charge in [-0.1, -0.05) is 44.7 Å². The average molecular weight is 528 g/mol. The summed E-state index contributed by atoms with van der Waals surface area (Å²) in [5, 5.41) is 4.09. The molecule has 0 bridgehead atoms. The Hall–Kier alpha value is -2.65. The molecule has 0 spiro atoms. The Morgan fingerprint density at radius 3 is 2.75 bits per heavy atom. The average Bonchev–Trinajstić information content (AvgIpc) is 3.18. The first-order valence-electron chi connectivity index (χ1n) is 12.5. The van der Waals surface area contributed by atoms with Gasteiger partial charge in [-0.15, -0.1) is 11.3 Å². The lowest BCUT2D eigenvalue weighted by Crippen LogP contribution is -2.28. The predicted molar refractivity (Wildman–Crippen MR) is 146 cm³/mol. The molecule has 4 rings (SSSR count). The highest BCUT2D eigenvalue weighted by molar-refractivity contribution is 8.00. The molecule has 2 atom stereocenters. The van der Waals surface area contributed by atoms with Crippen LogP contribution in [-0.2, 0) is 28.9 Å². The molecule has 0 fully saturated rings. The van der Waals surface area contributed by atoms with Crippen LogP contribution in [0.5, 0.6) is 0 Å². The second-order valence-corrected chi connectivity index (χ2v) is 12.2. The molecule has 2 heterocycles. The number of benzene rings is 1. The van der Waals surface area contributed by atoms with Gasteiger partial charge in [-0.3, -0.25) is 14.2 Å². The van der Waals surface area contributed by atoms with Gasteiger partial charge >= 0.3 is 5.97 Å². The minimum atomic E-state index is -0.537. The Labute approximate surface area is 219 Å². The highest BCUT2D eigenvalue weighted by Crippen LogP contribution is 2.40. The Kier molecular flexibility index (Phi) is 8.20. The zero-order valence-corrected chi connectivity index (χ0v) is 23.1. The van der Waals surface area contributed by atoms with Gasteiger partial charge in [0.25, 0.3) is 5.56 Å². The summed E-state index contributed by atoms with van der Waals surface area (Å²) in [4.78, 5) is 45.2. The number of amides is 1. The Balaban J connectivity index is 1.62. The number of ether oxygens (including phenoxy) is 1. The summed E-state index contributed by atoms with van der Waals surface area (Å²) in [6, 6.07) is 7.27. The first kappa shape index (κ1) is 26.4. The second kappa shape index (κ2) is 11.2. The summed E-state index contributed by atoms with van der Waals surface area (Å²) in [5.41, 5.74) is 2.01. The number of rotatable bonds is 8. The van der Waals surface area contributed by atoms with E-state index >= 15 is 0 Å². The fourth-order valence-corrected chi connectivity index (χ4v) is 6.77. The van der Waals surface area contributed by atoms with E-state index in [9.17, 15) is 14.4 Å². The normalized spacial score (nSPS) is 16.1. The zero-order chi connectivity index (χ0) is 26.0. The fourth-order valence-electron chi connectivity index (χ4n) is 4.45. The number of nitrogens with one attached hydrogen (secondary N) is 1. The molecule has 0 saturated carbocycles. The van der Waals surface area contributed by atoms with Gasteiger partial charge in [0.05, 0.1) is 28.3 Å². The maximum absolute atomic E-state index is 13.3. The SMILES string of the molecule is CCOC(=O)c1c(NC(=O)[C@H](C)Sc2nc3ccccc3c(=O)n2CC(C)C)sc2c1CC[C@H](C)C2. The molecule has 2 aromatic heterocycles. The van der Waals surface area contributed by atoms with E-state index in [1.807, 2.05) is 32.0 Å². The van der Waals surface area contributed by atoms with Crippen molar-refractivity contribution in [2.24, 2.45) is 11.8 Å². The number of hydrogen-bond donors (Lipinski definition) is 1. The Bertz CT molecular complexity index is 1340. The molecular weight excluding hydrogens is 494 g/mol. The van der Waals surface area contributed by atoms with Crippen molar-refractivity contribution in [2.75, 3.05) is 11.9 Å². The van der Waals surface area contributed by atoms with Crippen LogP contribution in [0.3, 0.4) is 0 Å². The molecule has 0 aliphatic heterocycles. The van der Waals surface area contributed by atoms with E-state index in [2.05, 4.69) is 12.2 Å². The number of fused-ring (bicyclic) bond motifs is 2. The number of nitrogens with zero attached hydrogens (tertiary/aromatic N) is 2. The van der Waals surface area contributed by atoms with E-state index in [4.69, 9.17) is 9.72 Å². The van der Waals surface area contributed by atoms with Crippen molar-refractivity contribution in [3.8, 4) is 0 Å². The van der Waals surface area contributed by atoms with Crippen molar-refractivity contribution in [2.45, 2.75) is 70.8 Å². The van der Waals surface area contributed by atoms with Gasteiger partial charge in [0.1, 0.15) is 5.00 Å². The van der Waals surface area contributed by atoms with Gasteiger partial charge in [-0.2, -0.15) is 0 Å². The third-order valence-corrected chi connectivity index (χ3v) is 8.51. The Morgan fingerprint density at radius 1 is 1.28 bits per heavy atom. The molecule has 1 aliphatic carbocycles. The third kappa shape index (κ3) is 5.52. The monoisotopic (exact) mass is 527 g/mol. The molecule has 1 aliphatic rings. The van der Waals surface area contributed by atoms with Crippen molar-refractivity contribution in [3.63, 3.8) is 0 Å². The molecular formula is C27H33N3O4S2. The number of esters is 1. The number of para-hydroxylation sites is 1.